The van der Waals surface area contributed by atoms with Crippen LogP contribution in [0.25, 0.3) is 0 Å². The summed E-state index contributed by atoms with van der Waals surface area (Å²) in [5.74, 6) is -0.0287. The van der Waals surface area contributed by atoms with Gasteiger partial charge in [0.2, 0.25) is 5.91 Å². The fourth-order valence-electron chi connectivity index (χ4n) is 0.904. The molecular weight excluding hydrogens is 196 g/mol. The highest BCUT2D eigenvalue weighted by Crippen LogP contribution is 2.03. The van der Waals surface area contributed by atoms with E-state index in [-0.39, 0.29) is 11.5 Å². The lowest BCUT2D eigenvalue weighted by Crippen LogP contribution is -2.42. The van der Waals surface area contributed by atoms with E-state index in [9.17, 15) is 4.79 Å². The molecule has 0 aromatic heterocycles. The molecule has 0 spiro atoms. The number of amides is 1. The van der Waals surface area contributed by atoms with Gasteiger partial charge in [0.25, 0.3) is 0 Å². The maximum atomic E-state index is 11.2. The molecule has 0 radical (unpaired) electrons. The predicted molar refractivity (Wildman–Crippen MR) is 58.8 cm³/mol. The molecule has 0 unspecified atom stereocenters. The van der Waals surface area contributed by atoms with Crippen LogP contribution in [0.1, 0.15) is 13.8 Å². The molecule has 0 heterocycles. The smallest absolute Gasteiger partial charge is 0.234 e. The van der Waals surface area contributed by atoms with Gasteiger partial charge in [-0.25, -0.2) is 0 Å². The van der Waals surface area contributed by atoms with Gasteiger partial charge >= 0.3 is 0 Å². The molecule has 0 aliphatic rings. The number of methoxy groups -OCH3 is 2. The molecule has 0 aliphatic carbocycles. The molecule has 0 aromatic carbocycles. The first-order valence-corrected chi connectivity index (χ1v) is 5.03. The van der Waals surface area contributed by atoms with E-state index in [2.05, 4.69) is 10.6 Å². The van der Waals surface area contributed by atoms with Crippen LogP contribution in [0.5, 0.6) is 0 Å². The average Bonchev–Trinajstić information content (AvgIpc) is 2.18. The molecule has 0 aromatic rings. The zero-order valence-electron chi connectivity index (χ0n) is 10.1. The van der Waals surface area contributed by atoms with Gasteiger partial charge in [0.15, 0.2) is 0 Å². The van der Waals surface area contributed by atoms with Crippen LogP contribution in [-0.2, 0) is 14.3 Å². The van der Waals surface area contributed by atoms with Crippen molar-refractivity contribution in [1.82, 2.24) is 10.6 Å². The van der Waals surface area contributed by atoms with Crippen LogP contribution >= 0.6 is 0 Å². The lowest BCUT2D eigenvalue weighted by atomic mass is 10.1. The van der Waals surface area contributed by atoms with Crippen molar-refractivity contribution in [2.24, 2.45) is 0 Å². The van der Waals surface area contributed by atoms with Gasteiger partial charge < -0.3 is 20.1 Å². The molecular formula is C10H22N2O3. The molecule has 0 aliphatic heterocycles. The van der Waals surface area contributed by atoms with Crippen molar-refractivity contribution in [2.45, 2.75) is 19.4 Å². The highest BCUT2D eigenvalue weighted by Gasteiger charge is 2.15. The minimum absolute atomic E-state index is 0.0287. The molecule has 5 heteroatoms. The first kappa shape index (κ1) is 14.3. The van der Waals surface area contributed by atoms with Gasteiger partial charge in [0.1, 0.15) is 0 Å². The lowest BCUT2D eigenvalue weighted by Gasteiger charge is -2.22. The number of carbonyl (C=O) groups is 1. The van der Waals surface area contributed by atoms with Gasteiger partial charge in [0.05, 0.1) is 18.8 Å². The summed E-state index contributed by atoms with van der Waals surface area (Å²) in [6.07, 6.45) is 0. The molecule has 0 rings (SSSR count). The molecule has 0 saturated carbocycles. The highest BCUT2D eigenvalue weighted by molar-refractivity contribution is 5.77. The number of hydrogen-bond donors (Lipinski definition) is 2. The van der Waals surface area contributed by atoms with Crippen LogP contribution < -0.4 is 10.6 Å². The van der Waals surface area contributed by atoms with E-state index in [1.54, 1.807) is 14.2 Å². The minimum Gasteiger partial charge on any atom is -0.383 e. The Hall–Kier alpha value is -0.650. The number of rotatable bonds is 8. The molecule has 2 N–H and O–H groups in total. The Morgan fingerprint density at radius 2 is 2.00 bits per heavy atom. The van der Waals surface area contributed by atoms with E-state index in [0.717, 1.165) is 0 Å². The van der Waals surface area contributed by atoms with E-state index >= 15 is 0 Å². The van der Waals surface area contributed by atoms with E-state index in [1.165, 1.54) is 0 Å². The topological polar surface area (TPSA) is 59.6 Å². The fourth-order valence-corrected chi connectivity index (χ4v) is 0.904. The Morgan fingerprint density at radius 3 is 2.53 bits per heavy atom. The molecule has 0 bridgehead atoms. The number of carbonyl (C=O) groups excluding carboxylic acids is 1. The summed E-state index contributed by atoms with van der Waals surface area (Å²) in [6, 6.07) is 0. The quantitative estimate of drug-likeness (QED) is 0.552. The largest absolute Gasteiger partial charge is 0.383 e. The average molecular weight is 218 g/mol. The Kier molecular flexibility index (Phi) is 7.29. The Bertz CT molecular complexity index is 184. The summed E-state index contributed by atoms with van der Waals surface area (Å²) in [6.45, 7) is 5.95. The zero-order valence-corrected chi connectivity index (χ0v) is 10.1. The number of ether oxygens (including phenoxy) is 2. The lowest BCUT2D eigenvalue weighted by molar-refractivity contribution is -0.120. The van der Waals surface area contributed by atoms with Gasteiger partial charge in [-0.05, 0) is 13.8 Å². The summed E-state index contributed by atoms with van der Waals surface area (Å²) < 4.78 is 10.0. The Morgan fingerprint density at radius 1 is 1.33 bits per heavy atom. The van der Waals surface area contributed by atoms with Gasteiger partial charge in [-0.3, -0.25) is 4.79 Å². The van der Waals surface area contributed by atoms with Crippen molar-refractivity contribution in [3.8, 4) is 0 Å². The van der Waals surface area contributed by atoms with E-state index in [4.69, 9.17) is 9.47 Å². The van der Waals surface area contributed by atoms with Crippen LogP contribution in [0.4, 0.5) is 0 Å². The van der Waals surface area contributed by atoms with Gasteiger partial charge in [-0.15, -0.1) is 0 Å². The third-order valence-corrected chi connectivity index (χ3v) is 2.02. The second-order valence-corrected chi connectivity index (χ2v) is 3.91. The highest BCUT2D eigenvalue weighted by atomic mass is 16.5. The normalized spacial score (nSPS) is 11.5. The second kappa shape index (κ2) is 7.62. The predicted octanol–water partition coefficient (Wildman–Crippen LogP) is -0.236. The SMILES string of the molecule is COCCNC(=O)CNCC(C)(C)OC. The van der Waals surface area contributed by atoms with Crippen molar-refractivity contribution in [1.29, 1.82) is 0 Å². The second-order valence-electron chi connectivity index (χ2n) is 3.91. The molecule has 0 fully saturated rings. The van der Waals surface area contributed by atoms with Crippen molar-refractivity contribution < 1.29 is 14.3 Å². The third kappa shape index (κ3) is 8.35. The molecule has 1 amide bonds. The minimum atomic E-state index is -0.243. The van der Waals surface area contributed by atoms with Crippen molar-refractivity contribution in [3.05, 3.63) is 0 Å². The van der Waals surface area contributed by atoms with Crippen molar-refractivity contribution in [3.63, 3.8) is 0 Å². The summed E-state index contributed by atoms with van der Waals surface area (Å²) >= 11 is 0. The molecule has 15 heavy (non-hydrogen) atoms. The molecule has 90 valence electrons. The molecule has 5 nitrogen and oxygen atoms in total. The summed E-state index contributed by atoms with van der Waals surface area (Å²) in [7, 11) is 3.26. The van der Waals surface area contributed by atoms with Crippen LogP contribution in [0, 0.1) is 0 Å². The Balaban J connectivity index is 3.46. The standard InChI is InChI=1S/C10H22N2O3/c1-10(2,15-4)8-11-7-9(13)12-5-6-14-3/h11H,5-8H2,1-4H3,(H,12,13). The molecule has 0 saturated heterocycles. The third-order valence-electron chi connectivity index (χ3n) is 2.02. The summed E-state index contributed by atoms with van der Waals surface area (Å²) in [5, 5.41) is 5.75. The van der Waals surface area contributed by atoms with Crippen LogP contribution in [0.3, 0.4) is 0 Å². The number of nitrogens with one attached hydrogen (secondary N) is 2. The van der Waals surface area contributed by atoms with Crippen molar-refractivity contribution >= 4 is 5.91 Å². The molecule has 0 atom stereocenters. The monoisotopic (exact) mass is 218 g/mol. The van der Waals surface area contributed by atoms with Gasteiger partial charge in [-0.1, -0.05) is 0 Å². The van der Waals surface area contributed by atoms with E-state index in [1.807, 2.05) is 13.8 Å². The van der Waals surface area contributed by atoms with Gasteiger partial charge in [-0.2, -0.15) is 0 Å². The maximum absolute atomic E-state index is 11.2. The first-order chi connectivity index (χ1) is 7.02. The first-order valence-electron chi connectivity index (χ1n) is 5.03. The zero-order chi connectivity index (χ0) is 11.7. The Labute approximate surface area is 91.5 Å². The maximum Gasteiger partial charge on any atom is 0.234 e. The number of hydrogen-bond acceptors (Lipinski definition) is 4. The van der Waals surface area contributed by atoms with Crippen molar-refractivity contribution in [2.75, 3.05) is 40.5 Å². The van der Waals surface area contributed by atoms with E-state index in [0.29, 0.717) is 26.2 Å². The fraction of sp³-hybridized carbons (Fsp3) is 0.900. The van der Waals surface area contributed by atoms with Gasteiger partial charge in [0, 0.05) is 27.3 Å². The van der Waals surface area contributed by atoms with Crippen LogP contribution in [0.2, 0.25) is 0 Å². The van der Waals surface area contributed by atoms with Crippen LogP contribution in [0.15, 0.2) is 0 Å². The summed E-state index contributed by atoms with van der Waals surface area (Å²) in [4.78, 5) is 11.2. The summed E-state index contributed by atoms with van der Waals surface area (Å²) in [5.41, 5.74) is -0.243. The van der Waals surface area contributed by atoms with E-state index < -0.39 is 0 Å². The van der Waals surface area contributed by atoms with Crippen LogP contribution in [-0.4, -0.2) is 52.0 Å².